The Bertz CT molecular complexity index is 522. The molecule has 0 aliphatic carbocycles. The van der Waals surface area contributed by atoms with Crippen LogP contribution in [0.5, 0.6) is 5.75 Å². The van der Waals surface area contributed by atoms with Crippen LogP contribution in [0.2, 0.25) is 0 Å². The molecule has 0 bridgehead atoms. The molecule has 0 radical (unpaired) electrons. The number of ether oxygens (including phenoxy) is 1. The second-order valence-electron chi connectivity index (χ2n) is 5.34. The van der Waals surface area contributed by atoms with Crippen LogP contribution in [0.1, 0.15) is 31.9 Å². The molecule has 0 amide bonds. The molecule has 0 fully saturated rings. The Morgan fingerprint density at radius 3 is 2.06 bits per heavy atom. The van der Waals surface area contributed by atoms with Crippen molar-refractivity contribution in [3.8, 4) is 5.75 Å². The highest BCUT2D eigenvalue weighted by Crippen LogP contribution is 2.34. The van der Waals surface area contributed by atoms with Crippen LogP contribution in [0.3, 0.4) is 0 Å². The zero-order chi connectivity index (χ0) is 13.4. The third-order valence-corrected chi connectivity index (χ3v) is 3.94. The van der Waals surface area contributed by atoms with Crippen molar-refractivity contribution in [3.05, 3.63) is 23.3 Å². The quantitative estimate of drug-likeness (QED) is 0.817. The Kier molecular flexibility index (Phi) is 3.58. The molecule has 0 unspecified atom stereocenters. The minimum atomic E-state index is -3.21. The van der Waals surface area contributed by atoms with E-state index in [1.165, 1.54) is 6.26 Å². The molecule has 1 aromatic rings. The first kappa shape index (κ1) is 14.0. The van der Waals surface area contributed by atoms with Crippen LogP contribution in [0, 0.1) is 6.92 Å². The van der Waals surface area contributed by atoms with Gasteiger partial charge in [-0.2, -0.15) is 0 Å². The predicted molar refractivity (Wildman–Crippen MR) is 69.5 cm³/mol. The molecule has 0 aromatic heterocycles. The molecular formula is C13H20O3S. The molecule has 0 heterocycles. The molecule has 1 aromatic carbocycles. The summed E-state index contributed by atoms with van der Waals surface area (Å²) in [6.45, 7) is 8.03. The van der Waals surface area contributed by atoms with Crippen LogP contribution in [-0.2, 0) is 15.3 Å². The van der Waals surface area contributed by atoms with E-state index >= 15 is 0 Å². The van der Waals surface area contributed by atoms with Crippen LogP contribution in [0.4, 0.5) is 0 Å². The zero-order valence-electron chi connectivity index (χ0n) is 11.3. The van der Waals surface area contributed by atoms with E-state index in [4.69, 9.17) is 4.74 Å². The van der Waals surface area contributed by atoms with Gasteiger partial charge in [0.25, 0.3) is 0 Å². The number of benzene rings is 1. The first-order chi connectivity index (χ1) is 7.57. The molecule has 17 heavy (non-hydrogen) atoms. The van der Waals surface area contributed by atoms with Gasteiger partial charge in [0.2, 0.25) is 0 Å². The van der Waals surface area contributed by atoms with Gasteiger partial charge in [0.05, 0.1) is 12.0 Å². The average Bonchev–Trinajstić information content (AvgIpc) is 2.14. The van der Waals surface area contributed by atoms with Crippen LogP contribution in [0.25, 0.3) is 0 Å². The number of hydrogen-bond acceptors (Lipinski definition) is 3. The third kappa shape index (κ3) is 3.00. The number of rotatable bonds is 2. The SMILES string of the molecule is COc1cc(S(C)(=O)=O)c(C)cc1C(C)(C)C. The normalized spacial score (nSPS) is 12.6. The second-order valence-corrected chi connectivity index (χ2v) is 7.32. The van der Waals surface area contributed by atoms with Crippen LogP contribution < -0.4 is 4.74 Å². The highest BCUT2D eigenvalue weighted by Gasteiger charge is 2.22. The molecule has 96 valence electrons. The summed E-state index contributed by atoms with van der Waals surface area (Å²) in [4.78, 5) is 0.336. The number of sulfone groups is 1. The molecule has 0 aliphatic rings. The van der Waals surface area contributed by atoms with Gasteiger partial charge in [0.1, 0.15) is 5.75 Å². The fraction of sp³-hybridized carbons (Fsp3) is 0.538. The van der Waals surface area contributed by atoms with Gasteiger partial charge in [-0.3, -0.25) is 0 Å². The van der Waals surface area contributed by atoms with E-state index in [0.29, 0.717) is 10.6 Å². The van der Waals surface area contributed by atoms with Crippen LogP contribution in [0.15, 0.2) is 17.0 Å². The number of aryl methyl sites for hydroxylation is 1. The second kappa shape index (κ2) is 4.33. The minimum Gasteiger partial charge on any atom is -0.496 e. The summed E-state index contributed by atoms with van der Waals surface area (Å²) < 4.78 is 28.6. The standard InChI is InChI=1S/C13H20O3S/c1-9-7-10(13(2,3)4)11(16-5)8-12(9)17(6,14)15/h7-8H,1-6H3. The summed E-state index contributed by atoms with van der Waals surface area (Å²) in [5.74, 6) is 0.628. The molecule has 0 aliphatic heterocycles. The lowest BCUT2D eigenvalue weighted by molar-refractivity contribution is 0.396. The molecule has 0 spiro atoms. The van der Waals surface area contributed by atoms with Crippen molar-refractivity contribution in [1.82, 2.24) is 0 Å². The summed E-state index contributed by atoms with van der Waals surface area (Å²) in [6.07, 6.45) is 1.21. The van der Waals surface area contributed by atoms with E-state index in [1.54, 1.807) is 13.2 Å². The zero-order valence-corrected chi connectivity index (χ0v) is 12.1. The molecular weight excluding hydrogens is 236 g/mol. The van der Waals surface area contributed by atoms with E-state index in [0.717, 1.165) is 11.1 Å². The smallest absolute Gasteiger partial charge is 0.175 e. The van der Waals surface area contributed by atoms with Crippen molar-refractivity contribution < 1.29 is 13.2 Å². The Hall–Kier alpha value is -1.03. The fourth-order valence-corrected chi connectivity index (χ4v) is 2.79. The van der Waals surface area contributed by atoms with Gasteiger partial charge in [-0.25, -0.2) is 8.42 Å². The van der Waals surface area contributed by atoms with Gasteiger partial charge >= 0.3 is 0 Å². The van der Waals surface area contributed by atoms with Gasteiger partial charge in [0.15, 0.2) is 9.84 Å². The van der Waals surface area contributed by atoms with Crippen molar-refractivity contribution in [2.24, 2.45) is 0 Å². The summed E-state index contributed by atoms with van der Waals surface area (Å²) in [5.41, 5.74) is 1.70. The summed E-state index contributed by atoms with van der Waals surface area (Å²) in [5, 5.41) is 0. The van der Waals surface area contributed by atoms with Crippen molar-refractivity contribution in [3.63, 3.8) is 0 Å². The molecule has 0 atom stereocenters. The maximum Gasteiger partial charge on any atom is 0.175 e. The molecule has 0 N–H and O–H groups in total. The number of methoxy groups -OCH3 is 1. The van der Waals surface area contributed by atoms with Crippen molar-refractivity contribution in [1.29, 1.82) is 0 Å². The first-order valence-corrected chi connectivity index (χ1v) is 7.35. The maximum absolute atomic E-state index is 11.6. The largest absolute Gasteiger partial charge is 0.496 e. The highest BCUT2D eigenvalue weighted by molar-refractivity contribution is 7.90. The lowest BCUT2D eigenvalue weighted by Gasteiger charge is -2.23. The fourth-order valence-electron chi connectivity index (χ4n) is 1.82. The number of hydrogen-bond donors (Lipinski definition) is 0. The van der Waals surface area contributed by atoms with E-state index < -0.39 is 9.84 Å². The molecule has 0 saturated carbocycles. The van der Waals surface area contributed by atoms with Crippen LogP contribution >= 0.6 is 0 Å². The monoisotopic (exact) mass is 256 g/mol. The molecule has 0 saturated heterocycles. The molecule has 4 heteroatoms. The molecule has 3 nitrogen and oxygen atoms in total. The van der Waals surface area contributed by atoms with Gasteiger partial charge in [0, 0.05) is 6.26 Å². The van der Waals surface area contributed by atoms with Crippen molar-refractivity contribution in [2.75, 3.05) is 13.4 Å². The highest BCUT2D eigenvalue weighted by atomic mass is 32.2. The van der Waals surface area contributed by atoms with E-state index in [2.05, 4.69) is 20.8 Å². The Morgan fingerprint density at radius 1 is 1.18 bits per heavy atom. The van der Waals surface area contributed by atoms with E-state index in [1.807, 2.05) is 13.0 Å². The first-order valence-electron chi connectivity index (χ1n) is 5.46. The Labute approximate surface area is 104 Å². The third-order valence-electron chi connectivity index (χ3n) is 2.70. The van der Waals surface area contributed by atoms with Gasteiger partial charge in [-0.05, 0) is 29.5 Å². The van der Waals surface area contributed by atoms with E-state index in [-0.39, 0.29) is 5.41 Å². The summed E-state index contributed by atoms with van der Waals surface area (Å²) in [6, 6.07) is 3.51. The van der Waals surface area contributed by atoms with Gasteiger partial charge in [-0.15, -0.1) is 0 Å². The van der Waals surface area contributed by atoms with E-state index in [9.17, 15) is 8.42 Å². The molecule has 1 rings (SSSR count). The van der Waals surface area contributed by atoms with Crippen molar-refractivity contribution >= 4 is 9.84 Å². The van der Waals surface area contributed by atoms with Gasteiger partial charge < -0.3 is 4.74 Å². The lowest BCUT2D eigenvalue weighted by Crippen LogP contribution is -2.14. The minimum absolute atomic E-state index is 0.0772. The average molecular weight is 256 g/mol. The summed E-state index contributed by atoms with van der Waals surface area (Å²) in [7, 11) is -1.65. The van der Waals surface area contributed by atoms with Crippen molar-refractivity contribution in [2.45, 2.75) is 38.0 Å². The lowest BCUT2D eigenvalue weighted by atomic mass is 9.85. The van der Waals surface area contributed by atoms with Gasteiger partial charge in [-0.1, -0.05) is 26.8 Å². The topological polar surface area (TPSA) is 43.4 Å². The Balaban J connectivity index is 3.57. The predicted octanol–water partition coefficient (Wildman–Crippen LogP) is 2.70. The summed E-state index contributed by atoms with van der Waals surface area (Å²) >= 11 is 0. The maximum atomic E-state index is 11.6. The Morgan fingerprint density at radius 2 is 1.71 bits per heavy atom. The van der Waals surface area contributed by atoms with Crippen LogP contribution in [-0.4, -0.2) is 21.8 Å².